The summed E-state index contributed by atoms with van der Waals surface area (Å²) in [6.45, 7) is 10.2. The van der Waals surface area contributed by atoms with Crippen molar-refractivity contribution in [2.24, 2.45) is 11.3 Å². The summed E-state index contributed by atoms with van der Waals surface area (Å²) < 4.78 is 5.61. The van der Waals surface area contributed by atoms with Crippen molar-refractivity contribution in [3.8, 4) is 6.07 Å². The number of hydrogen-bond acceptors (Lipinski definition) is 2. The molecule has 0 saturated carbocycles. The molecule has 0 spiro atoms. The molecule has 0 radical (unpaired) electrons. The molecule has 0 bridgehead atoms. The standard InChI is InChI=1S/C14H27NO/c1-5-8-13(2)11-16-10-7-6-9-14(3,4)12-15/h13H,5-11H2,1-4H3. The van der Waals surface area contributed by atoms with Gasteiger partial charge >= 0.3 is 0 Å². The highest BCUT2D eigenvalue weighted by atomic mass is 16.5. The number of nitriles is 1. The second-order valence-corrected chi connectivity index (χ2v) is 5.42. The maximum atomic E-state index is 8.85. The highest BCUT2D eigenvalue weighted by Crippen LogP contribution is 2.21. The quantitative estimate of drug-likeness (QED) is 0.552. The van der Waals surface area contributed by atoms with Gasteiger partial charge in [0.15, 0.2) is 0 Å². The molecule has 0 aliphatic heterocycles. The molecule has 16 heavy (non-hydrogen) atoms. The van der Waals surface area contributed by atoms with Crippen LogP contribution >= 0.6 is 0 Å². The zero-order valence-corrected chi connectivity index (χ0v) is 11.4. The van der Waals surface area contributed by atoms with Crippen LogP contribution in [0.15, 0.2) is 0 Å². The lowest BCUT2D eigenvalue weighted by Crippen LogP contribution is -2.09. The molecule has 1 unspecified atom stereocenters. The molecule has 0 N–H and O–H groups in total. The van der Waals surface area contributed by atoms with Crippen molar-refractivity contribution in [1.82, 2.24) is 0 Å². The molecule has 2 heteroatoms. The van der Waals surface area contributed by atoms with Gasteiger partial charge in [0.25, 0.3) is 0 Å². The van der Waals surface area contributed by atoms with Crippen LogP contribution in [-0.2, 0) is 4.74 Å². The Morgan fingerprint density at radius 1 is 1.31 bits per heavy atom. The molecule has 0 rings (SSSR count). The van der Waals surface area contributed by atoms with Crippen LogP contribution in [0.4, 0.5) is 0 Å². The predicted octanol–water partition coefficient (Wildman–Crippen LogP) is 4.16. The van der Waals surface area contributed by atoms with Crippen molar-refractivity contribution in [3.63, 3.8) is 0 Å². The van der Waals surface area contributed by atoms with Crippen molar-refractivity contribution >= 4 is 0 Å². The lowest BCUT2D eigenvalue weighted by atomic mass is 9.89. The second-order valence-electron chi connectivity index (χ2n) is 5.42. The van der Waals surface area contributed by atoms with Gasteiger partial charge in [0.1, 0.15) is 0 Å². The molecular weight excluding hydrogens is 198 g/mol. The Kier molecular flexibility index (Phi) is 8.29. The zero-order valence-electron chi connectivity index (χ0n) is 11.4. The minimum Gasteiger partial charge on any atom is -0.381 e. The van der Waals surface area contributed by atoms with Crippen LogP contribution in [0, 0.1) is 22.7 Å². The Bertz CT molecular complexity index is 205. The molecule has 0 fully saturated rings. The Morgan fingerprint density at radius 2 is 2.00 bits per heavy atom. The first-order valence-electron chi connectivity index (χ1n) is 6.51. The first-order chi connectivity index (χ1) is 7.52. The van der Waals surface area contributed by atoms with E-state index in [0.717, 1.165) is 32.5 Å². The molecule has 0 saturated heterocycles. The molecule has 0 amide bonds. The van der Waals surface area contributed by atoms with Gasteiger partial charge in [-0.25, -0.2) is 0 Å². The fraction of sp³-hybridized carbons (Fsp3) is 0.929. The molecule has 0 heterocycles. The predicted molar refractivity (Wildman–Crippen MR) is 68.1 cm³/mol. The van der Waals surface area contributed by atoms with Gasteiger partial charge in [-0.05, 0) is 45.4 Å². The lowest BCUT2D eigenvalue weighted by molar-refractivity contribution is 0.0973. The van der Waals surface area contributed by atoms with Gasteiger partial charge in [-0.3, -0.25) is 0 Å². The molecule has 0 aliphatic rings. The van der Waals surface area contributed by atoms with Crippen molar-refractivity contribution in [2.45, 2.75) is 59.8 Å². The Hall–Kier alpha value is -0.550. The summed E-state index contributed by atoms with van der Waals surface area (Å²) in [4.78, 5) is 0. The molecule has 2 nitrogen and oxygen atoms in total. The third-order valence-electron chi connectivity index (χ3n) is 2.83. The topological polar surface area (TPSA) is 33.0 Å². The molecule has 0 aromatic heterocycles. The minimum absolute atomic E-state index is 0.171. The van der Waals surface area contributed by atoms with Crippen LogP contribution < -0.4 is 0 Å². The van der Waals surface area contributed by atoms with E-state index >= 15 is 0 Å². The van der Waals surface area contributed by atoms with Crippen molar-refractivity contribution < 1.29 is 4.74 Å². The SMILES string of the molecule is CCCC(C)COCCCCC(C)(C)C#N. The Morgan fingerprint density at radius 3 is 2.56 bits per heavy atom. The van der Waals surface area contributed by atoms with Gasteiger partial charge in [0, 0.05) is 13.2 Å². The average Bonchev–Trinajstić information content (AvgIpc) is 2.23. The summed E-state index contributed by atoms with van der Waals surface area (Å²) in [6.07, 6.45) is 5.62. The number of hydrogen-bond donors (Lipinski definition) is 0. The smallest absolute Gasteiger partial charge is 0.0683 e. The van der Waals surface area contributed by atoms with Gasteiger partial charge in [-0.2, -0.15) is 5.26 Å². The van der Waals surface area contributed by atoms with Gasteiger partial charge in [-0.1, -0.05) is 20.3 Å². The van der Waals surface area contributed by atoms with Crippen LogP contribution in [-0.4, -0.2) is 13.2 Å². The number of ether oxygens (including phenoxy) is 1. The van der Waals surface area contributed by atoms with E-state index in [1.165, 1.54) is 12.8 Å². The summed E-state index contributed by atoms with van der Waals surface area (Å²) in [5.41, 5.74) is -0.171. The fourth-order valence-electron chi connectivity index (χ4n) is 1.69. The van der Waals surface area contributed by atoms with Crippen LogP contribution in [0.5, 0.6) is 0 Å². The summed E-state index contributed by atoms with van der Waals surface area (Å²) >= 11 is 0. The van der Waals surface area contributed by atoms with E-state index in [4.69, 9.17) is 10.00 Å². The lowest BCUT2D eigenvalue weighted by Gasteiger charge is -2.15. The normalized spacial score (nSPS) is 13.4. The maximum Gasteiger partial charge on any atom is 0.0683 e. The van der Waals surface area contributed by atoms with Crippen LogP contribution in [0.3, 0.4) is 0 Å². The van der Waals surface area contributed by atoms with Gasteiger partial charge in [-0.15, -0.1) is 0 Å². The number of unbranched alkanes of at least 4 members (excludes halogenated alkanes) is 1. The summed E-state index contributed by atoms with van der Waals surface area (Å²) in [5.74, 6) is 0.681. The van der Waals surface area contributed by atoms with Crippen molar-refractivity contribution in [2.75, 3.05) is 13.2 Å². The Balaban J connectivity index is 3.32. The zero-order chi connectivity index (χ0) is 12.4. The monoisotopic (exact) mass is 225 g/mol. The van der Waals surface area contributed by atoms with Crippen molar-refractivity contribution in [3.05, 3.63) is 0 Å². The van der Waals surface area contributed by atoms with E-state index in [1.807, 2.05) is 13.8 Å². The van der Waals surface area contributed by atoms with Crippen LogP contribution in [0.25, 0.3) is 0 Å². The van der Waals surface area contributed by atoms with Gasteiger partial charge in [0.05, 0.1) is 11.5 Å². The van der Waals surface area contributed by atoms with E-state index in [9.17, 15) is 0 Å². The maximum absolute atomic E-state index is 8.85. The summed E-state index contributed by atoms with van der Waals surface area (Å²) in [5, 5.41) is 8.85. The second kappa shape index (κ2) is 8.58. The largest absolute Gasteiger partial charge is 0.381 e. The van der Waals surface area contributed by atoms with E-state index < -0.39 is 0 Å². The highest BCUT2D eigenvalue weighted by molar-refractivity contribution is 4.91. The fourth-order valence-corrected chi connectivity index (χ4v) is 1.69. The summed E-state index contributed by atoms with van der Waals surface area (Å²) in [6, 6.07) is 2.33. The van der Waals surface area contributed by atoms with Gasteiger partial charge in [0.2, 0.25) is 0 Å². The number of rotatable bonds is 9. The average molecular weight is 225 g/mol. The first kappa shape index (κ1) is 15.4. The molecular formula is C14H27NO. The molecule has 0 aromatic rings. The molecule has 0 aliphatic carbocycles. The van der Waals surface area contributed by atoms with Crippen LogP contribution in [0.1, 0.15) is 59.8 Å². The highest BCUT2D eigenvalue weighted by Gasteiger charge is 2.15. The molecule has 1 atom stereocenters. The third-order valence-corrected chi connectivity index (χ3v) is 2.83. The van der Waals surface area contributed by atoms with E-state index in [-0.39, 0.29) is 5.41 Å². The molecule has 0 aromatic carbocycles. The van der Waals surface area contributed by atoms with E-state index in [0.29, 0.717) is 5.92 Å². The third kappa shape index (κ3) is 8.73. The summed E-state index contributed by atoms with van der Waals surface area (Å²) in [7, 11) is 0. The van der Waals surface area contributed by atoms with Crippen molar-refractivity contribution in [1.29, 1.82) is 5.26 Å². The first-order valence-corrected chi connectivity index (χ1v) is 6.51. The van der Waals surface area contributed by atoms with E-state index in [2.05, 4.69) is 19.9 Å². The van der Waals surface area contributed by atoms with E-state index in [1.54, 1.807) is 0 Å². The number of nitrogens with zero attached hydrogens (tertiary/aromatic N) is 1. The molecule has 94 valence electrons. The Labute approximate surface area is 101 Å². The minimum atomic E-state index is -0.171. The van der Waals surface area contributed by atoms with Gasteiger partial charge < -0.3 is 4.74 Å². The van der Waals surface area contributed by atoms with Crippen LogP contribution in [0.2, 0.25) is 0 Å².